The molecule has 0 aliphatic carbocycles. The Hall–Kier alpha value is -1.51. The number of nitrogens with one attached hydrogen (secondary N) is 1. The van der Waals surface area contributed by atoms with E-state index in [2.05, 4.69) is 19.2 Å². The maximum atomic E-state index is 11.2. The van der Waals surface area contributed by atoms with Gasteiger partial charge in [-0.15, -0.1) is 0 Å². The number of amides is 1. The topological polar surface area (TPSA) is 55.1 Å². The summed E-state index contributed by atoms with van der Waals surface area (Å²) < 4.78 is 0. The third-order valence-electron chi connectivity index (χ3n) is 3.02. The number of rotatable bonds is 6. The smallest absolute Gasteiger partial charge is 0.249 e. The fourth-order valence-corrected chi connectivity index (χ4v) is 1.97. The summed E-state index contributed by atoms with van der Waals surface area (Å²) in [5.74, 6) is 0.268. The van der Waals surface area contributed by atoms with Crippen LogP contribution in [0.25, 0.3) is 0 Å². The minimum Gasteiger partial charge on any atom is -0.385 e. The maximum Gasteiger partial charge on any atom is 0.249 e. The van der Waals surface area contributed by atoms with Crippen LogP contribution in [0.3, 0.4) is 0 Å². The first-order valence-electron chi connectivity index (χ1n) is 6.19. The summed E-state index contributed by atoms with van der Waals surface area (Å²) in [6, 6.07) is 5.61. The zero-order chi connectivity index (χ0) is 12.8. The Kier molecular flexibility index (Phi) is 5.01. The molecule has 1 amide bonds. The van der Waals surface area contributed by atoms with E-state index in [1.807, 2.05) is 19.1 Å². The molecular formula is C14H22N2O. The van der Waals surface area contributed by atoms with Gasteiger partial charge in [0.2, 0.25) is 5.91 Å². The van der Waals surface area contributed by atoms with Crippen LogP contribution in [-0.4, -0.2) is 12.5 Å². The Morgan fingerprint density at radius 1 is 1.47 bits per heavy atom. The van der Waals surface area contributed by atoms with Gasteiger partial charge >= 0.3 is 0 Å². The normalized spacial score (nSPS) is 12.2. The maximum absolute atomic E-state index is 11.2. The second kappa shape index (κ2) is 6.28. The van der Waals surface area contributed by atoms with Crippen LogP contribution < -0.4 is 11.1 Å². The summed E-state index contributed by atoms with van der Waals surface area (Å²) in [4.78, 5) is 11.2. The van der Waals surface area contributed by atoms with E-state index in [-0.39, 0.29) is 5.91 Å². The number of anilines is 1. The Balaban J connectivity index is 2.72. The van der Waals surface area contributed by atoms with Gasteiger partial charge in [0, 0.05) is 17.8 Å². The fourth-order valence-electron chi connectivity index (χ4n) is 1.97. The van der Waals surface area contributed by atoms with Gasteiger partial charge in [-0.3, -0.25) is 4.79 Å². The van der Waals surface area contributed by atoms with Gasteiger partial charge in [-0.05, 0) is 37.0 Å². The average Bonchev–Trinajstić information content (AvgIpc) is 2.27. The zero-order valence-electron chi connectivity index (χ0n) is 10.9. The molecule has 0 fully saturated rings. The second-order valence-electron chi connectivity index (χ2n) is 4.62. The van der Waals surface area contributed by atoms with Crippen molar-refractivity contribution < 1.29 is 4.79 Å². The molecule has 0 spiro atoms. The van der Waals surface area contributed by atoms with Crippen LogP contribution in [0, 0.1) is 12.8 Å². The molecule has 3 nitrogen and oxygen atoms in total. The van der Waals surface area contributed by atoms with Gasteiger partial charge < -0.3 is 11.1 Å². The van der Waals surface area contributed by atoms with Gasteiger partial charge in [0.15, 0.2) is 0 Å². The first-order valence-corrected chi connectivity index (χ1v) is 6.19. The van der Waals surface area contributed by atoms with Gasteiger partial charge in [-0.1, -0.05) is 26.3 Å². The Morgan fingerprint density at radius 3 is 2.76 bits per heavy atom. The first-order chi connectivity index (χ1) is 8.06. The zero-order valence-corrected chi connectivity index (χ0v) is 10.9. The summed E-state index contributed by atoms with van der Waals surface area (Å²) in [6.07, 6.45) is 2.41. The number of nitrogens with two attached hydrogens (primary N) is 1. The van der Waals surface area contributed by atoms with E-state index in [4.69, 9.17) is 5.73 Å². The van der Waals surface area contributed by atoms with Crippen LogP contribution in [0.5, 0.6) is 0 Å². The quantitative estimate of drug-likeness (QED) is 0.795. The molecule has 0 bridgehead atoms. The van der Waals surface area contributed by atoms with E-state index in [0.29, 0.717) is 11.5 Å². The average molecular weight is 234 g/mol. The minimum atomic E-state index is -0.368. The van der Waals surface area contributed by atoms with Gasteiger partial charge in [0.05, 0.1) is 0 Å². The molecule has 1 rings (SSSR count). The number of hydrogen-bond donors (Lipinski definition) is 2. The standard InChI is InChI=1S/C14H22N2O/c1-4-6-10(2)9-16-13-8-5-7-12(11(13)3)14(15)17/h5,7-8,10,16H,4,6,9H2,1-3H3,(H2,15,17). The van der Waals surface area contributed by atoms with Gasteiger partial charge in [-0.2, -0.15) is 0 Å². The highest BCUT2D eigenvalue weighted by molar-refractivity contribution is 5.95. The SMILES string of the molecule is CCCC(C)CNc1cccc(C(N)=O)c1C. The lowest BCUT2D eigenvalue weighted by Gasteiger charge is -2.15. The molecule has 3 N–H and O–H groups in total. The molecular weight excluding hydrogens is 212 g/mol. The molecule has 1 atom stereocenters. The summed E-state index contributed by atoms with van der Waals surface area (Å²) in [7, 11) is 0. The molecule has 0 saturated carbocycles. The van der Waals surface area contributed by atoms with Gasteiger partial charge in [0.1, 0.15) is 0 Å². The molecule has 1 aromatic rings. The third kappa shape index (κ3) is 3.77. The van der Waals surface area contributed by atoms with Crippen molar-refractivity contribution in [3.63, 3.8) is 0 Å². The van der Waals surface area contributed by atoms with Crippen LogP contribution in [0.4, 0.5) is 5.69 Å². The van der Waals surface area contributed by atoms with Crippen LogP contribution >= 0.6 is 0 Å². The summed E-state index contributed by atoms with van der Waals surface area (Å²) in [5, 5.41) is 3.38. The molecule has 0 saturated heterocycles. The fraction of sp³-hybridized carbons (Fsp3) is 0.500. The van der Waals surface area contributed by atoms with Crippen LogP contribution in [0.1, 0.15) is 42.6 Å². The lowest BCUT2D eigenvalue weighted by molar-refractivity contribution is 0.1000. The monoisotopic (exact) mass is 234 g/mol. The van der Waals surface area contributed by atoms with Crippen molar-refractivity contribution in [1.29, 1.82) is 0 Å². The summed E-state index contributed by atoms with van der Waals surface area (Å²) >= 11 is 0. The van der Waals surface area contributed by atoms with E-state index in [0.717, 1.165) is 17.8 Å². The molecule has 94 valence electrons. The van der Waals surface area contributed by atoms with Crippen LogP contribution in [0.2, 0.25) is 0 Å². The van der Waals surface area contributed by atoms with E-state index < -0.39 is 0 Å². The van der Waals surface area contributed by atoms with Crippen molar-refractivity contribution in [2.24, 2.45) is 11.7 Å². The predicted molar refractivity (Wildman–Crippen MR) is 72.3 cm³/mol. The van der Waals surface area contributed by atoms with Crippen LogP contribution in [0.15, 0.2) is 18.2 Å². The Labute approximate surface area is 103 Å². The predicted octanol–water partition coefficient (Wildman–Crippen LogP) is 2.94. The van der Waals surface area contributed by atoms with E-state index in [1.165, 1.54) is 12.8 Å². The summed E-state index contributed by atoms with van der Waals surface area (Å²) in [6.45, 7) is 7.27. The van der Waals surface area contributed by atoms with Gasteiger partial charge in [-0.25, -0.2) is 0 Å². The van der Waals surface area contributed by atoms with E-state index in [9.17, 15) is 4.79 Å². The Morgan fingerprint density at radius 2 is 2.18 bits per heavy atom. The lowest BCUT2D eigenvalue weighted by atomic mass is 10.0. The van der Waals surface area contributed by atoms with Crippen molar-refractivity contribution in [2.45, 2.75) is 33.6 Å². The number of carbonyl (C=O) groups is 1. The van der Waals surface area contributed by atoms with Crippen molar-refractivity contribution >= 4 is 11.6 Å². The highest BCUT2D eigenvalue weighted by Crippen LogP contribution is 2.19. The van der Waals surface area contributed by atoms with E-state index >= 15 is 0 Å². The first kappa shape index (κ1) is 13.6. The molecule has 1 aromatic carbocycles. The molecule has 1 unspecified atom stereocenters. The number of hydrogen-bond acceptors (Lipinski definition) is 2. The second-order valence-corrected chi connectivity index (χ2v) is 4.62. The van der Waals surface area contributed by atoms with Crippen molar-refractivity contribution in [3.05, 3.63) is 29.3 Å². The number of benzene rings is 1. The highest BCUT2D eigenvalue weighted by atomic mass is 16.1. The molecule has 3 heteroatoms. The molecule has 0 aliphatic rings. The Bertz CT molecular complexity index is 388. The molecule has 0 aliphatic heterocycles. The number of carbonyl (C=O) groups excluding carboxylic acids is 1. The number of primary amides is 1. The lowest BCUT2D eigenvalue weighted by Crippen LogP contribution is -2.16. The molecule has 17 heavy (non-hydrogen) atoms. The molecule has 0 aromatic heterocycles. The van der Waals surface area contributed by atoms with E-state index in [1.54, 1.807) is 6.07 Å². The van der Waals surface area contributed by atoms with Gasteiger partial charge in [0.25, 0.3) is 0 Å². The minimum absolute atomic E-state index is 0.368. The molecule has 0 heterocycles. The largest absolute Gasteiger partial charge is 0.385 e. The molecule has 0 radical (unpaired) electrons. The van der Waals surface area contributed by atoms with Crippen LogP contribution in [-0.2, 0) is 0 Å². The summed E-state index contributed by atoms with van der Waals surface area (Å²) in [5.41, 5.74) is 7.85. The van der Waals surface area contributed by atoms with Crippen molar-refractivity contribution in [2.75, 3.05) is 11.9 Å². The highest BCUT2D eigenvalue weighted by Gasteiger charge is 2.08. The van der Waals surface area contributed by atoms with Crippen molar-refractivity contribution in [1.82, 2.24) is 0 Å². The third-order valence-corrected chi connectivity index (χ3v) is 3.02. The van der Waals surface area contributed by atoms with Crippen molar-refractivity contribution in [3.8, 4) is 0 Å².